The molecule has 6 nitrogen and oxygen atoms in total. The molecular formula is C23H22N2O4S2. The minimum atomic E-state index is -0.447. The number of carbonyl (C=O) groups is 2. The number of anilines is 2. The van der Waals surface area contributed by atoms with Crippen molar-refractivity contribution in [3.8, 4) is 10.4 Å². The first-order valence-electron chi connectivity index (χ1n) is 9.54. The van der Waals surface area contributed by atoms with Crippen LogP contribution in [0.4, 0.5) is 10.7 Å². The van der Waals surface area contributed by atoms with Crippen molar-refractivity contribution in [3.63, 3.8) is 0 Å². The van der Waals surface area contributed by atoms with Crippen LogP contribution >= 0.6 is 23.6 Å². The molecule has 8 heteroatoms. The van der Waals surface area contributed by atoms with Crippen LogP contribution in [0.5, 0.6) is 0 Å². The molecule has 0 fully saturated rings. The molecule has 1 heterocycles. The summed E-state index contributed by atoms with van der Waals surface area (Å²) in [5.41, 5.74) is 2.55. The van der Waals surface area contributed by atoms with E-state index >= 15 is 0 Å². The molecule has 3 rings (SSSR count). The second kappa shape index (κ2) is 10.2. The van der Waals surface area contributed by atoms with Crippen molar-refractivity contribution in [3.05, 3.63) is 71.8 Å². The molecule has 0 saturated carbocycles. The van der Waals surface area contributed by atoms with Gasteiger partial charge in [0, 0.05) is 10.6 Å². The summed E-state index contributed by atoms with van der Waals surface area (Å²) in [7, 11) is 1.34. The lowest BCUT2D eigenvalue weighted by atomic mass is 10.1. The van der Waals surface area contributed by atoms with E-state index in [-0.39, 0.29) is 12.1 Å². The predicted molar refractivity (Wildman–Crippen MR) is 128 cm³/mol. The van der Waals surface area contributed by atoms with E-state index in [9.17, 15) is 9.59 Å². The summed E-state index contributed by atoms with van der Waals surface area (Å²) in [5, 5.41) is 7.02. The molecule has 1 aromatic heterocycles. The summed E-state index contributed by atoms with van der Waals surface area (Å²) < 4.78 is 10.1. The van der Waals surface area contributed by atoms with Crippen LogP contribution in [-0.2, 0) is 9.47 Å². The van der Waals surface area contributed by atoms with E-state index in [0.29, 0.717) is 26.9 Å². The van der Waals surface area contributed by atoms with Crippen LogP contribution in [0.1, 0.15) is 34.6 Å². The van der Waals surface area contributed by atoms with Crippen LogP contribution in [0.3, 0.4) is 0 Å². The van der Waals surface area contributed by atoms with E-state index in [4.69, 9.17) is 21.7 Å². The first-order chi connectivity index (χ1) is 14.9. The Balaban J connectivity index is 1.73. The molecule has 0 aliphatic carbocycles. The first-order valence-corrected chi connectivity index (χ1v) is 10.8. The number of methoxy groups -OCH3 is 1. The molecule has 0 unspecified atom stereocenters. The highest BCUT2D eigenvalue weighted by Gasteiger charge is 2.18. The summed E-state index contributed by atoms with van der Waals surface area (Å²) in [6.45, 7) is 3.60. The molecular weight excluding hydrogens is 432 g/mol. The van der Waals surface area contributed by atoms with Crippen molar-refractivity contribution in [2.75, 3.05) is 17.7 Å². The quantitative estimate of drug-likeness (QED) is 0.372. The van der Waals surface area contributed by atoms with E-state index < -0.39 is 5.97 Å². The zero-order valence-electron chi connectivity index (χ0n) is 17.3. The maximum absolute atomic E-state index is 12.2. The topological polar surface area (TPSA) is 76.7 Å². The van der Waals surface area contributed by atoms with Gasteiger partial charge in [0.15, 0.2) is 5.11 Å². The molecule has 31 heavy (non-hydrogen) atoms. The molecule has 160 valence electrons. The van der Waals surface area contributed by atoms with Gasteiger partial charge in [-0.15, -0.1) is 11.3 Å². The summed E-state index contributed by atoms with van der Waals surface area (Å²) in [5.74, 6) is -0.825. The van der Waals surface area contributed by atoms with E-state index in [1.807, 2.05) is 30.3 Å². The van der Waals surface area contributed by atoms with Crippen molar-refractivity contribution >= 4 is 51.3 Å². The number of esters is 2. The number of benzene rings is 2. The largest absolute Gasteiger partial charge is 0.465 e. The highest BCUT2D eigenvalue weighted by atomic mass is 32.1. The standard InChI is InChI=1S/C23H22N2O4S2/c1-14(2)29-21(26)16-9-11-17(12-10-16)24-23(30)25-20-18(22(27)28-3)13-19(31-20)15-7-5-4-6-8-15/h4-14H,1-3H3,(H2,24,25,30). The summed E-state index contributed by atoms with van der Waals surface area (Å²) in [4.78, 5) is 25.1. The maximum atomic E-state index is 12.2. The SMILES string of the molecule is COC(=O)c1cc(-c2ccccc2)sc1NC(=S)Nc1ccc(C(=O)OC(C)C)cc1. The lowest BCUT2D eigenvalue weighted by molar-refractivity contribution is 0.0377. The van der Waals surface area contributed by atoms with E-state index in [0.717, 1.165) is 10.4 Å². The maximum Gasteiger partial charge on any atom is 0.340 e. The van der Waals surface area contributed by atoms with Gasteiger partial charge in [0.2, 0.25) is 0 Å². The number of hydrogen-bond acceptors (Lipinski definition) is 6. The Hall–Kier alpha value is -3.23. The van der Waals surface area contributed by atoms with Crippen LogP contribution in [-0.4, -0.2) is 30.3 Å². The zero-order valence-corrected chi connectivity index (χ0v) is 18.9. The number of ether oxygens (including phenoxy) is 2. The van der Waals surface area contributed by atoms with Gasteiger partial charge >= 0.3 is 11.9 Å². The fourth-order valence-corrected chi connectivity index (χ4v) is 4.07. The Bertz CT molecular complexity index is 1080. The highest BCUT2D eigenvalue weighted by molar-refractivity contribution is 7.80. The van der Waals surface area contributed by atoms with Crippen molar-refractivity contribution in [2.24, 2.45) is 0 Å². The molecule has 0 bridgehead atoms. The lowest BCUT2D eigenvalue weighted by Crippen LogP contribution is -2.20. The normalized spacial score (nSPS) is 10.5. The van der Waals surface area contributed by atoms with Crippen molar-refractivity contribution in [1.82, 2.24) is 0 Å². The smallest absolute Gasteiger partial charge is 0.340 e. The fraction of sp³-hybridized carbons (Fsp3) is 0.174. The summed E-state index contributed by atoms with van der Waals surface area (Å²) in [6, 6.07) is 18.3. The van der Waals surface area contributed by atoms with Gasteiger partial charge in [-0.2, -0.15) is 0 Å². The number of rotatable bonds is 6. The molecule has 3 aromatic rings. The van der Waals surface area contributed by atoms with Crippen LogP contribution in [0.15, 0.2) is 60.7 Å². The van der Waals surface area contributed by atoms with E-state index in [1.165, 1.54) is 18.4 Å². The molecule has 2 N–H and O–H groups in total. The van der Waals surface area contributed by atoms with Gasteiger partial charge < -0.3 is 20.1 Å². The van der Waals surface area contributed by atoms with E-state index in [2.05, 4.69) is 10.6 Å². The Morgan fingerprint density at radius 3 is 2.26 bits per heavy atom. The average molecular weight is 455 g/mol. The van der Waals surface area contributed by atoms with Gasteiger partial charge in [-0.1, -0.05) is 30.3 Å². The fourth-order valence-electron chi connectivity index (χ4n) is 2.73. The Kier molecular flexibility index (Phi) is 7.38. The third-order valence-electron chi connectivity index (χ3n) is 4.14. The summed E-state index contributed by atoms with van der Waals surface area (Å²) in [6.07, 6.45) is -0.183. The van der Waals surface area contributed by atoms with Gasteiger partial charge in [-0.05, 0) is 62.0 Å². The summed E-state index contributed by atoms with van der Waals surface area (Å²) >= 11 is 6.82. The zero-order chi connectivity index (χ0) is 22.4. The number of thiophene rings is 1. The third kappa shape index (κ3) is 5.90. The van der Waals surface area contributed by atoms with E-state index in [1.54, 1.807) is 44.2 Å². The van der Waals surface area contributed by atoms with Crippen LogP contribution < -0.4 is 10.6 Å². The Morgan fingerprint density at radius 2 is 1.65 bits per heavy atom. The molecule has 0 atom stereocenters. The second-order valence-electron chi connectivity index (χ2n) is 6.82. The number of thiocarbonyl (C=S) groups is 1. The molecule has 0 spiro atoms. The second-order valence-corrected chi connectivity index (χ2v) is 8.28. The van der Waals surface area contributed by atoms with Crippen molar-refractivity contribution in [1.29, 1.82) is 0 Å². The highest BCUT2D eigenvalue weighted by Crippen LogP contribution is 2.36. The molecule has 2 aromatic carbocycles. The van der Waals surface area contributed by atoms with Gasteiger partial charge in [0.05, 0.1) is 24.3 Å². The van der Waals surface area contributed by atoms with Gasteiger partial charge in [0.1, 0.15) is 5.00 Å². The van der Waals surface area contributed by atoms with Gasteiger partial charge in [0.25, 0.3) is 0 Å². The average Bonchev–Trinajstić information content (AvgIpc) is 3.17. The van der Waals surface area contributed by atoms with Crippen LogP contribution in [0.2, 0.25) is 0 Å². The van der Waals surface area contributed by atoms with Gasteiger partial charge in [-0.3, -0.25) is 0 Å². The molecule has 0 radical (unpaired) electrons. The number of hydrogen-bond donors (Lipinski definition) is 2. The number of nitrogens with one attached hydrogen (secondary N) is 2. The predicted octanol–water partition coefficient (Wildman–Crippen LogP) is 5.58. The van der Waals surface area contributed by atoms with Crippen LogP contribution in [0.25, 0.3) is 10.4 Å². The number of carbonyl (C=O) groups excluding carboxylic acids is 2. The molecule has 0 saturated heterocycles. The minimum absolute atomic E-state index is 0.183. The lowest BCUT2D eigenvalue weighted by Gasteiger charge is -2.11. The first kappa shape index (κ1) is 22.5. The minimum Gasteiger partial charge on any atom is -0.465 e. The Labute approximate surface area is 190 Å². The molecule has 0 amide bonds. The van der Waals surface area contributed by atoms with Crippen LogP contribution in [0, 0.1) is 0 Å². The molecule has 0 aliphatic rings. The van der Waals surface area contributed by atoms with Gasteiger partial charge in [-0.25, -0.2) is 9.59 Å². The van der Waals surface area contributed by atoms with Crippen molar-refractivity contribution in [2.45, 2.75) is 20.0 Å². The monoisotopic (exact) mass is 454 g/mol. The Morgan fingerprint density at radius 1 is 0.968 bits per heavy atom. The molecule has 0 aliphatic heterocycles. The third-order valence-corrected chi connectivity index (χ3v) is 5.45. The van der Waals surface area contributed by atoms with Crippen molar-refractivity contribution < 1.29 is 19.1 Å².